The molecule has 3 amide bonds. The number of H-pyrrole nitrogens is 2. The lowest BCUT2D eigenvalue weighted by Crippen LogP contribution is -2.58. The first kappa shape index (κ1) is 35.8. The molecular formula is C29H43N13O5. The number of carboxylic acids is 1. The summed E-state index contributed by atoms with van der Waals surface area (Å²) in [6.07, 6.45) is 5.63. The number of benzene rings is 1. The summed E-state index contributed by atoms with van der Waals surface area (Å²) in [5.41, 5.74) is 29.5. The minimum absolute atomic E-state index is 0.00224. The van der Waals surface area contributed by atoms with Crippen molar-refractivity contribution in [3.63, 3.8) is 0 Å². The number of hydrogen-bond acceptors (Lipinski definition) is 8. The van der Waals surface area contributed by atoms with E-state index in [1.165, 1.54) is 12.5 Å². The molecular weight excluding hydrogens is 610 g/mol. The fourth-order valence-corrected chi connectivity index (χ4v) is 4.79. The van der Waals surface area contributed by atoms with Gasteiger partial charge in [0.05, 0.1) is 12.4 Å². The third kappa shape index (κ3) is 11.7. The standard InChI is InChI=1S/C29H43N13O5/c30-19(6-3-9-36-28(31)32)24(43)41-23(12-17-14-35-15-39-17)26(45)42-22(11-16-13-38-20-7-2-1-5-18(16)20)25(44)40-21(27(46)47)8-4-10-37-29(33)34/h1-2,5,7,13-15,19,21-23,38H,3-4,6,8-12,30H2,(H,35,39)(H,40,44)(H,41,43)(H,42,45)(H,46,47)(H4,31,32,36)(H4,33,34,37). The quantitative estimate of drug-likeness (QED) is 0.0369. The van der Waals surface area contributed by atoms with Gasteiger partial charge in [0.25, 0.3) is 0 Å². The molecule has 16 N–H and O–H groups in total. The molecule has 18 heteroatoms. The molecule has 0 aliphatic heterocycles. The minimum Gasteiger partial charge on any atom is -0.480 e. The van der Waals surface area contributed by atoms with Crippen molar-refractivity contribution in [3.05, 3.63) is 54.2 Å². The second-order valence-electron chi connectivity index (χ2n) is 10.9. The van der Waals surface area contributed by atoms with E-state index < -0.39 is 47.9 Å². The lowest BCUT2D eigenvalue weighted by Gasteiger charge is -2.25. The zero-order valence-electron chi connectivity index (χ0n) is 25.8. The average Bonchev–Trinajstić information content (AvgIpc) is 3.69. The number of nitrogens with one attached hydrogen (secondary N) is 5. The Morgan fingerprint density at radius 1 is 0.809 bits per heavy atom. The molecule has 3 aromatic rings. The van der Waals surface area contributed by atoms with Gasteiger partial charge in [-0.2, -0.15) is 0 Å². The van der Waals surface area contributed by atoms with Crippen LogP contribution in [0.5, 0.6) is 0 Å². The van der Waals surface area contributed by atoms with Crippen molar-refractivity contribution >= 4 is 46.5 Å². The third-order valence-corrected chi connectivity index (χ3v) is 7.21. The van der Waals surface area contributed by atoms with Crippen LogP contribution in [0, 0.1) is 0 Å². The largest absolute Gasteiger partial charge is 0.480 e. The Morgan fingerprint density at radius 2 is 1.40 bits per heavy atom. The van der Waals surface area contributed by atoms with E-state index in [0.717, 1.165) is 10.9 Å². The van der Waals surface area contributed by atoms with Crippen LogP contribution < -0.4 is 44.6 Å². The van der Waals surface area contributed by atoms with Crippen LogP contribution in [0.25, 0.3) is 10.9 Å². The molecule has 0 spiro atoms. The van der Waals surface area contributed by atoms with Gasteiger partial charge >= 0.3 is 5.97 Å². The molecule has 0 aliphatic rings. The zero-order chi connectivity index (χ0) is 34.3. The van der Waals surface area contributed by atoms with Gasteiger partial charge in [0.2, 0.25) is 17.7 Å². The fourth-order valence-electron chi connectivity index (χ4n) is 4.79. The molecule has 0 saturated carbocycles. The number of rotatable bonds is 19. The second-order valence-corrected chi connectivity index (χ2v) is 10.9. The molecule has 4 unspecified atom stereocenters. The first-order valence-corrected chi connectivity index (χ1v) is 15.0. The number of aliphatic carboxylic acids is 1. The number of hydrogen-bond donors (Lipinski definition) is 11. The predicted molar refractivity (Wildman–Crippen MR) is 176 cm³/mol. The number of guanidine groups is 2. The first-order chi connectivity index (χ1) is 22.4. The number of imidazole rings is 1. The van der Waals surface area contributed by atoms with Gasteiger partial charge in [-0.3, -0.25) is 24.4 Å². The summed E-state index contributed by atoms with van der Waals surface area (Å²) in [6, 6.07) is 2.76. The van der Waals surface area contributed by atoms with E-state index in [2.05, 4.69) is 40.9 Å². The summed E-state index contributed by atoms with van der Waals surface area (Å²) in [4.78, 5) is 70.2. The molecule has 4 atom stereocenters. The summed E-state index contributed by atoms with van der Waals surface area (Å²) in [6.45, 7) is 0.445. The Morgan fingerprint density at radius 3 is 2.02 bits per heavy atom. The van der Waals surface area contributed by atoms with Gasteiger partial charge < -0.3 is 59.7 Å². The van der Waals surface area contributed by atoms with Gasteiger partial charge in [0, 0.05) is 54.9 Å². The SMILES string of the molecule is NC(N)=NCCCC(N)C(=O)NC(Cc1cnc[nH]1)C(=O)NC(Cc1c[nH]c2ccccc12)C(=O)NC(CCCN=C(N)N)C(=O)O. The van der Waals surface area contributed by atoms with Crippen molar-refractivity contribution in [2.24, 2.45) is 38.7 Å². The molecule has 0 saturated heterocycles. The number of aromatic nitrogens is 3. The van der Waals surface area contributed by atoms with Crippen LogP contribution in [0.2, 0.25) is 0 Å². The zero-order valence-corrected chi connectivity index (χ0v) is 25.8. The van der Waals surface area contributed by atoms with Gasteiger partial charge in [0.1, 0.15) is 18.1 Å². The number of aromatic amines is 2. The van der Waals surface area contributed by atoms with Gasteiger partial charge in [0.15, 0.2) is 11.9 Å². The number of carboxylic acid groups (broad SMARTS) is 1. The number of nitrogens with zero attached hydrogens (tertiary/aromatic N) is 3. The van der Waals surface area contributed by atoms with E-state index >= 15 is 0 Å². The van der Waals surface area contributed by atoms with Crippen LogP contribution >= 0.6 is 0 Å². The van der Waals surface area contributed by atoms with Gasteiger partial charge in [-0.15, -0.1) is 0 Å². The third-order valence-electron chi connectivity index (χ3n) is 7.21. The molecule has 47 heavy (non-hydrogen) atoms. The summed E-state index contributed by atoms with van der Waals surface area (Å²) in [5, 5.41) is 18.5. The van der Waals surface area contributed by atoms with Crippen LogP contribution in [0.15, 0.2) is 53.0 Å². The molecule has 0 radical (unpaired) electrons. The van der Waals surface area contributed by atoms with E-state index in [1.807, 2.05) is 24.3 Å². The van der Waals surface area contributed by atoms with Crippen LogP contribution in [0.4, 0.5) is 0 Å². The maximum Gasteiger partial charge on any atom is 0.326 e. The number of nitrogens with two attached hydrogens (primary N) is 5. The number of para-hydroxylation sites is 1. The van der Waals surface area contributed by atoms with Crippen LogP contribution in [0.1, 0.15) is 36.9 Å². The number of aliphatic imine (C=N–C) groups is 2. The van der Waals surface area contributed by atoms with Gasteiger partial charge in [-0.05, 0) is 37.3 Å². The highest BCUT2D eigenvalue weighted by Crippen LogP contribution is 2.19. The van der Waals surface area contributed by atoms with E-state index in [1.54, 1.807) is 6.20 Å². The van der Waals surface area contributed by atoms with E-state index in [-0.39, 0.29) is 57.1 Å². The van der Waals surface area contributed by atoms with Crippen molar-refractivity contribution in [2.75, 3.05) is 13.1 Å². The number of fused-ring (bicyclic) bond motifs is 1. The second kappa shape index (κ2) is 17.7. The Hall–Kier alpha value is -5.65. The highest BCUT2D eigenvalue weighted by atomic mass is 16.4. The molecule has 2 aromatic heterocycles. The maximum absolute atomic E-state index is 13.8. The lowest BCUT2D eigenvalue weighted by molar-refractivity contribution is -0.142. The molecule has 18 nitrogen and oxygen atoms in total. The lowest BCUT2D eigenvalue weighted by atomic mass is 10.0. The van der Waals surface area contributed by atoms with Crippen molar-refractivity contribution in [1.29, 1.82) is 0 Å². The van der Waals surface area contributed by atoms with Crippen molar-refractivity contribution in [3.8, 4) is 0 Å². The van der Waals surface area contributed by atoms with Gasteiger partial charge in [-0.1, -0.05) is 18.2 Å². The summed E-state index contributed by atoms with van der Waals surface area (Å²) in [5.74, 6) is -3.50. The number of amides is 3. The van der Waals surface area contributed by atoms with Crippen molar-refractivity contribution < 1.29 is 24.3 Å². The van der Waals surface area contributed by atoms with Crippen molar-refractivity contribution in [2.45, 2.75) is 62.7 Å². The van der Waals surface area contributed by atoms with Crippen LogP contribution in [0.3, 0.4) is 0 Å². The van der Waals surface area contributed by atoms with Gasteiger partial charge in [-0.25, -0.2) is 9.78 Å². The molecule has 0 bridgehead atoms. The Balaban J connectivity index is 1.82. The van der Waals surface area contributed by atoms with E-state index in [0.29, 0.717) is 17.7 Å². The van der Waals surface area contributed by atoms with Crippen LogP contribution in [-0.4, -0.2) is 92.9 Å². The first-order valence-electron chi connectivity index (χ1n) is 15.0. The van der Waals surface area contributed by atoms with Crippen LogP contribution in [-0.2, 0) is 32.0 Å². The van der Waals surface area contributed by atoms with E-state index in [9.17, 15) is 24.3 Å². The topological polar surface area (TPSA) is 324 Å². The van der Waals surface area contributed by atoms with Crippen molar-refractivity contribution in [1.82, 2.24) is 30.9 Å². The molecule has 0 fully saturated rings. The average molecular weight is 654 g/mol. The maximum atomic E-state index is 13.8. The summed E-state index contributed by atoms with van der Waals surface area (Å²) in [7, 11) is 0. The normalized spacial score (nSPS) is 13.5. The Labute approximate surface area is 270 Å². The summed E-state index contributed by atoms with van der Waals surface area (Å²) >= 11 is 0. The van der Waals surface area contributed by atoms with E-state index in [4.69, 9.17) is 28.7 Å². The predicted octanol–water partition coefficient (Wildman–Crippen LogP) is -2.35. The fraction of sp³-hybridized carbons (Fsp3) is 0.414. The Bertz CT molecular complexity index is 1540. The highest BCUT2D eigenvalue weighted by Gasteiger charge is 2.31. The molecule has 254 valence electrons. The molecule has 1 aromatic carbocycles. The highest BCUT2D eigenvalue weighted by molar-refractivity contribution is 5.95. The molecule has 0 aliphatic carbocycles. The monoisotopic (exact) mass is 653 g/mol. The molecule has 3 rings (SSSR count). The number of carbonyl (C=O) groups excluding carboxylic acids is 3. The Kier molecular flexibility index (Phi) is 13.5. The smallest absolute Gasteiger partial charge is 0.326 e. The number of carbonyl (C=O) groups is 4. The molecule has 2 heterocycles. The summed E-state index contributed by atoms with van der Waals surface area (Å²) < 4.78 is 0. The minimum atomic E-state index is -1.28.